The van der Waals surface area contributed by atoms with Crippen LogP contribution in [0.4, 0.5) is 26.3 Å². The van der Waals surface area contributed by atoms with Gasteiger partial charge in [0, 0.05) is 21.3 Å². The van der Waals surface area contributed by atoms with Crippen LogP contribution in [0, 0.1) is 11.8 Å². The molecule has 0 saturated carbocycles. The smallest absolute Gasteiger partial charge is 0.421 e. The third-order valence-corrected chi connectivity index (χ3v) is 11.1. The number of sulfonamides is 2. The molecule has 1 rings (SSSR count). The van der Waals surface area contributed by atoms with Gasteiger partial charge in [0.15, 0.2) is 20.0 Å². The van der Waals surface area contributed by atoms with Crippen LogP contribution >= 0.6 is 0 Å². The molecule has 0 aromatic rings. The van der Waals surface area contributed by atoms with Crippen molar-refractivity contribution < 1.29 is 60.9 Å². The zero-order chi connectivity index (χ0) is 26.5. The second-order valence-electron chi connectivity index (χ2n) is 8.02. The number of hydrogen-bond donors (Lipinski definition) is 0. The predicted octanol–water partition coefficient (Wildman–Crippen LogP) is 2.98. The number of piperidine rings is 1. The summed E-state index contributed by atoms with van der Waals surface area (Å²) in [5.41, 5.74) is -12.4. The Morgan fingerprint density at radius 2 is 1.21 bits per heavy atom. The molecule has 0 aromatic heterocycles. The van der Waals surface area contributed by atoms with Crippen molar-refractivity contribution >= 4 is 28.9 Å². The highest BCUT2D eigenvalue weighted by Crippen LogP contribution is 2.36. The van der Waals surface area contributed by atoms with E-state index < -0.39 is 39.9 Å². The summed E-state index contributed by atoms with van der Waals surface area (Å²) in [6, 6.07) is 0. The lowest BCUT2D eigenvalue weighted by Crippen LogP contribution is -2.62. The van der Waals surface area contributed by atoms with Crippen molar-refractivity contribution in [2.45, 2.75) is 37.7 Å². The molecule has 0 aromatic carbocycles. The van der Waals surface area contributed by atoms with Crippen molar-refractivity contribution in [3.05, 3.63) is 4.13 Å². The Morgan fingerprint density at radius 1 is 0.879 bits per heavy atom. The Bertz CT molecular complexity index is 772. The van der Waals surface area contributed by atoms with Gasteiger partial charge in [0.25, 0.3) is 0 Å². The van der Waals surface area contributed by atoms with Gasteiger partial charge in [-0.1, -0.05) is 13.8 Å². The van der Waals surface area contributed by atoms with Crippen molar-refractivity contribution in [3.63, 3.8) is 0 Å². The number of halogens is 6. The molecular formula is C15H30F6N2O7S2Si. The Kier molecular flexibility index (Phi) is 11.3. The van der Waals surface area contributed by atoms with Crippen molar-refractivity contribution in [2.24, 2.45) is 11.8 Å². The van der Waals surface area contributed by atoms with E-state index in [1.54, 1.807) is 21.3 Å². The minimum absolute atomic E-state index is 0.778. The van der Waals surface area contributed by atoms with Crippen molar-refractivity contribution in [2.75, 3.05) is 47.6 Å². The van der Waals surface area contributed by atoms with E-state index in [4.69, 9.17) is 13.3 Å². The number of quaternary nitrogens is 1. The Balaban J connectivity index is 0.000000633. The number of nitrogens with zero attached hydrogens (tertiary/aromatic N) is 2. The van der Waals surface area contributed by atoms with Crippen LogP contribution in [0.1, 0.15) is 26.7 Å². The van der Waals surface area contributed by atoms with Crippen LogP contribution in [0.5, 0.6) is 0 Å². The SMILES string of the molecule is CO[Si](C[N+]1(C)CCC(C(C)C)CC1)(OC)OC.O=S(=O)([N-]S(=O)(=O)C(F)(F)F)C(F)(F)F. The fourth-order valence-electron chi connectivity index (χ4n) is 3.16. The van der Waals surface area contributed by atoms with E-state index in [9.17, 15) is 43.2 Å². The lowest BCUT2D eigenvalue weighted by atomic mass is 9.86. The maximum atomic E-state index is 11.4. The largest absolute Gasteiger partial charge is 0.558 e. The summed E-state index contributed by atoms with van der Waals surface area (Å²) >= 11 is 0. The maximum absolute atomic E-state index is 11.4. The summed E-state index contributed by atoms with van der Waals surface area (Å²) < 4.78 is 127. The van der Waals surface area contributed by atoms with E-state index >= 15 is 0 Å². The lowest BCUT2D eigenvalue weighted by molar-refractivity contribution is -0.908. The van der Waals surface area contributed by atoms with Gasteiger partial charge >= 0.3 is 19.8 Å². The Labute approximate surface area is 191 Å². The first-order valence-electron chi connectivity index (χ1n) is 9.47. The predicted molar refractivity (Wildman–Crippen MR) is 108 cm³/mol. The molecular weight excluding hydrogens is 526 g/mol. The first-order chi connectivity index (χ1) is 14.6. The van der Waals surface area contributed by atoms with Crippen LogP contribution in [0.25, 0.3) is 4.13 Å². The molecule has 1 fully saturated rings. The highest BCUT2D eigenvalue weighted by molar-refractivity contribution is 8.13. The van der Waals surface area contributed by atoms with Gasteiger partial charge in [-0.3, -0.25) is 0 Å². The average Bonchev–Trinajstić information content (AvgIpc) is 2.64. The molecule has 0 N–H and O–H groups in total. The average molecular weight is 557 g/mol. The molecule has 18 heteroatoms. The molecule has 33 heavy (non-hydrogen) atoms. The van der Waals surface area contributed by atoms with Gasteiger partial charge in [0.05, 0.1) is 20.1 Å². The van der Waals surface area contributed by atoms with Crippen molar-refractivity contribution in [1.82, 2.24) is 0 Å². The molecule has 1 saturated heterocycles. The number of rotatable bonds is 8. The van der Waals surface area contributed by atoms with E-state index in [0.717, 1.165) is 26.6 Å². The molecule has 0 aliphatic carbocycles. The van der Waals surface area contributed by atoms with E-state index in [-0.39, 0.29) is 0 Å². The molecule has 1 aliphatic heterocycles. The van der Waals surface area contributed by atoms with Crippen LogP contribution < -0.4 is 0 Å². The van der Waals surface area contributed by atoms with Gasteiger partial charge in [-0.05, 0) is 24.7 Å². The van der Waals surface area contributed by atoms with E-state index in [0.29, 0.717) is 0 Å². The quantitative estimate of drug-likeness (QED) is 0.257. The van der Waals surface area contributed by atoms with Crippen LogP contribution in [-0.4, -0.2) is 88.8 Å². The molecule has 0 spiro atoms. The summed E-state index contributed by atoms with van der Waals surface area (Å²) in [6.07, 6.45) is 3.48. The number of hydrogen-bond acceptors (Lipinski definition) is 7. The van der Waals surface area contributed by atoms with Crippen molar-refractivity contribution in [3.8, 4) is 0 Å². The highest BCUT2D eigenvalue weighted by Gasteiger charge is 2.48. The molecule has 9 nitrogen and oxygen atoms in total. The first-order valence-corrected chi connectivity index (χ1v) is 14.3. The number of likely N-dealkylation sites (tertiary alicyclic amines) is 1. The van der Waals surface area contributed by atoms with E-state index in [1.165, 1.54) is 25.9 Å². The standard InChI is InChI=1S/C13H30NO3Si.C2F6NO4S2/c1-12(2)13-7-9-14(3,10-8-13)11-18(15-4,16-5)17-6;3-1(4,5)14(10,11)9-15(12,13)2(6,7)8/h12-13H,7-11H2,1-6H3;/q+1;-1. The second kappa shape index (κ2) is 11.5. The molecule has 200 valence electrons. The summed E-state index contributed by atoms with van der Waals surface area (Å²) in [7, 11) is -8.49. The van der Waals surface area contributed by atoms with E-state index in [2.05, 4.69) is 20.9 Å². The minimum atomic E-state index is -6.72. The lowest BCUT2D eigenvalue weighted by Gasteiger charge is -2.44. The summed E-state index contributed by atoms with van der Waals surface area (Å²) in [5.74, 6) is 1.67. The molecule has 1 aliphatic rings. The van der Waals surface area contributed by atoms with Gasteiger partial charge in [-0.2, -0.15) is 26.3 Å². The normalized spacial score (nSPS) is 23.2. The van der Waals surface area contributed by atoms with Gasteiger partial charge in [-0.25, -0.2) is 16.8 Å². The number of alkyl halides is 6. The molecule has 0 radical (unpaired) electrons. The molecule has 0 unspecified atom stereocenters. The van der Waals surface area contributed by atoms with Gasteiger partial charge in [0.1, 0.15) is 6.17 Å². The van der Waals surface area contributed by atoms with Crippen LogP contribution in [0.2, 0.25) is 0 Å². The monoisotopic (exact) mass is 556 g/mol. The molecule has 1 heterocycles. The zero-order valence-electron chi connectivity index (χ0n) is 19.0. The van der Waals surface area contributed by atoms with Crippen LogP contribution in [0.15, 0.2) is 0 Å². The first kappa shape index (κ1) is 32.5. The zero-order valence-corrected chi connectivity index (χ0v) is 21.7. The summed E-state index contributed by atoms with van der Waals surface area (Å²) in [4.78, 5) is 0. The molecule has 0 atom stereocenters. The summed E-state index contributed by atoms with van der Waals surface area (Å²) in [6.45, 7) is 7.07. The maximum Gasteiger partial charge on any atom is 0.558 e. The fourth-order valence-corrected chi connectivity index (χ4v) is 7.01. The third-order valence-electron chi connectivity index (χ3n) is 5.31. The molecule has 0 bridgehead atoms. The van der Waals surface area contributed by atoms with E-state index in [1.807, 2.05) is 0 Å². The topological polar surface area (TPSA) is 110 Å². The van der Waals surface area contributed by atoms with Gasteiger partial charge in [-0.15, -0.1) is 0 Å². The van der Waals surface area contributed by atoms with Crippen molar-refractivity contribution in [1.29, 1.82) is 0 Å². The Morgan fingerprint density at radius 3 is 1.45 bits per heavy atom. The summed E-state index contributed by atoms with van der Waals surface area (Å²) in [5, 5.41) is 0. The molecule has 0 amide bonds. The fraction of sp³-hybridized carbons (Fsp3) is 1.00. The highest BCUT2D eigenvalue weighted by atomic mass is 32.3. The minimum Gasteiger partial charge on any atom is -0.421 e. The van der Waals surface area contributed by atoms with Gasteiger partial charge < -0.3 is 21.9 Å². The van der Waals surface area contributed by atoms with Crippen LogP contribution in [-0.2, 0) is 33.3 Å². The third kappa shape index (κ3) is 9.23. The Hall–Kier alpha value is -0.503. The van der Waals surface area contributed by atoms with Crippen LogP contribution in [0.3, 0.4) is 0 Å². The van der Waals surface area contributed by atoms with Gasteiger partial charge in [0.2, 0.25) is 0 Å². The second-order valence-corrected chi connectivity index (χ2v) is 14.3.